The fourth-order valence-corrected chi connectivity index (χ4v) is 3.19. The molecular formula is C17H19N5O. The Morgan fingerprint density at radius 2 is 2.04 bits per heavy atom. The number of nitrogens with one attached hydrogen (secondary N) is 3. The van der Waals surface area contributed by atoms with E-state index in [0.717, 1.165) is 48.3 Å². The molecule has 1 aromatic carbocycles. The minimum atomic E-state index is -0.0298. The van der Waals surface area contributed by atoms with Gasteiger partial charge in [-0.2, -0.15) is 0 Å². The molecule has 0 aliphatic carbocycles. The lowest BCUT2D eigenvalue weighted by Gasteiger charge is -2.31. The summed E-state index contributed by atoms with van der Waals surface area (Å²) in [6.45, 7) is 1.51. The van der Waals surface area contributed by atoms with E-state index in [-0.39, 0.29) is 6.03 Å². The van der Waals surface area contributed by atoms with Crippen LogP contribution in [-0.2, 0) is 0 Å². The van der Waals surface area contributed by atoms with E-state index in [1.54, 1.807) is 6.20 Å². The second-order valence-corrected chi connectivity index (χ2v) is 5.95. The Balaban J connectivity index is 1.38. The summed E-state index contributed by atoms with van der Waals surface area (Å²) in [6.07, 6.45) is 7.42. The van der Waals surface area contributed by atoms with Crippen LogP contribution >= 0.6 is 0 Å². The monoisotopic (exact) mass is 309 g/mol. The van der Waals surface area contributed by atoms with Gasteiger partial charge < -0.3 is 20.2 Å². The number of amides is 2. The number of carbonyl (C=O) groups is 1. The van der Waals surface area contributed by atoms with Crippen molar-refractivity contribution < 1.29 is 4.79 Å². The van der Waals surface area contributed by atoms with Crippen LogP contribution in [0.5, 0.6) is 0 Å². The molecule has 0 bridgehead atoms. The number of anilines is 1. The zero-order valence-electron chi connectivity index (χ0n) is 12.7. The van der Waals surface area contributed by atoms with Crippen LogP contribution in [0.4, 0.5) is 10.5 Å². The standard InChI is InChI=1S/C17H19N5O/c23-17(21-14-1-2-15-13(11-14)3-6-18-15)22-9-4-12(5-10-22)16-19-7-8-20-16/h1-3,6-8,11-12,18H,4-5,9-10H2,(H,19,20)(H,21,23). The summed E-state index contributed by atoms with van der Waals surface area (Å²) in [5.74, 6) is 1.45. The summed E-state index contributed by atoms with van der Waals surface area (Å²) >= 11 is 0. The molecule has 4 rings (SSSR count). The molecule has 23 heavy (non-hydrogen) atoms. The molecule has 3 heterocycles. The Morgan fingerprint density at radius 1 is 1.17 bits per heavy atom. The maximum atomic E-state index is 12.4. The van der Waals surface area contributed by atoms with Gasteiger partial charge in [-0.1, -0.05) is 0 Å². The van der Waals surface area contributed by atoms with Crippen LogP contribution in [0.1, 0.15) is 24.6 Å². The van der Waals surface area contributed by atoms with Crippen LogP contribution in [0.25, 0.3) is 10.9 Å². The first kappa shape index (κ1) is 13.9. The number of hydrogen-bond acceptors (Lipinski definition) is 2. The fraction of sp³-hybridized carbons (Fsp3) is 0.294. The molecule has 1 aliphatic rings. The molecule has 3 aromatic rings. The molecule has 0 spiro atoms. The maximum Gasteiger partial charge on any atom is 0.321 e. The van der Waals surface area contributed by atoms with Crippen LogP contribution in [0.2, 0.25) is 0 Å². The highest BCUT2D eigenvalue weighted by Gasteiger charge is 2.25. The number of likely N-dealkylation sites (tertiary alicyclic amines) is 1. The molecule has 1 aliphatic heterocycles. The lowest BCUT2D eigenvalue weighted by Crippen LogP contribution is -2.40. The summed E-state index contributed by atoms with van der Waals surface area (Å²) in [5, 5.41) is 4.09. The molecule has 6 nitrogen and oxygen atoms in total. The number of imidazole rings is 1. The fourth-order valence-electron chi connectivity index (χ4n) is 3.19. The molecule has 0 saturated carbocycles. The smallest absolute Gasteiger partial charge is 0.321 e. The Bertz CT molecular complexity index is 799. The van der Waals surface area contributed by atoms with Crippen molar-refractivity contribution in [1.29, 1.82) is 0 Å². The first-order valence-electron chi connectivity index (χ1n) is 7.92. The number of piperidine rings is 1. The van der Waals surface area contributed by atoms with E-state index in [1.807, 2.05) is 41.6 Å². The molecule has 1 saturated heterocycles. The number of H-pyrrole nitrogens is 2. The maximum absolute atomic E-state index is 12.4. The van der Waals surface area contributed by atoms with Crippen LogP contribution < -0.4 is 5.32 Å². The van der Waals surface area contributed by atoms with Crippen molar-refractivity contribution in [2.45, 2.75) is 18.8 Å². The molecule has 2 aromatic heterocycles. The first-order chi connectivity index (χ1) is 11.3. The zero-order chi connectivity index (χ0) is 15.6. The summed E-state index contributed by atoms with van der Waals surface area (Å²) in [4.78, 5) is 24.9. The summed E-state index contributed by atoms with van der Waals surface area (Å²) in [5.41, 5.74) is 1.90. The number of nitrogens with zero attached hydrogens (tertiary/aromatic N) is 2. The third kappa shape index (κ3) is 2.79. The van der Waals surface area contributed by atoms with Gasteiger partial charge in [0.05, 0.1) is 0 Å². The van der Waals surface area contributed by atoms with Gasteiger partial charge in [0.1, 0.15) is 5.82 Å². The SMILES string of the molecule is O=C(Nc1ccc2[nH]ccc2c1)N1CCC(c2ncc[nH]2)CC1. The number of aromatic amines is 2. The van der Waals surface area contributed by atoms with Crippen LogP contribution in [-0.4, -0.2) is 39.0 Å². The topological polar surface area (TPSA) is 76.8 Å². The summed E-state index contributed by atoms with van der Waals surface area (Å²) in [7, 11) is 0. The highest BCUT2D eigenvalue weighted by molar-refractivity contribution is 5.92. The highest BCUT2D eigenvalue weighted by Crippen LogP contribution is 2.26. The third-order valence-electron chi connectivity index (χ3n) is 4.49. The van der Waals surface area contributed by atoms with E-state index in [1.165, 1.54) is 0 Å². The largest absolute Gasteiger partial charge is 0.361 e. The Morgan fingerprint density at radius 3 is 2.83 bits per heavy atom. The molecule has 2 amide bonds. The second-order valence-electron chi connectivity index (χ2n) is 5.95. The van der Waals surface area contributed by atoms with Crippen molar-refractivity contribution >= 4 is 22.6 Å². The molecule has 118 valence electrons. The first-order valence-corrected chi connectivity index (χ1v) is 7.92. The number of carbonyl (C=O) groups excluding carboxylic acids is 1. The molecule has 0 radical (unpaired) electrons. The van der Waals surface area contributed by atoms with E-state index in [0.29, 0.717) is 5.92 Å². The Hall–Kier alpha value is -2.76. The number of aromatic nitrogens is 3. The van der Waals surface area contributed by atoms with E-state index < -0.39 is 0 Å². The minimum absolute atomic E-state index is 0.0298. The molecular weight excluding hydrogens is 290 g/mol. The zero-order valence-corrected chi connectivity index (χ0v) is 12.7. The van der Waals surface area contributed by atoms with Gasteiger partial charge >= 0.3 is 6.03 Å². The van der Waals surface area contributed by atoms with Crippen LogP contribution in [0, 0.1) is 0 Å². The van der Waals surface area contributed by atoms with Gasteiger partial charge in [-0.15, -0.1) is 0 Å². The van der Waals surface area contributed by atoms with Crippen LogP contribution in [0.15, 0.2) is 42.9 Å². The molecule has 0 atom stereocenters. The quantitative estimate of drug-likeness (QED) is 0.679. The minimum Gasteiger partial charge on any atom is -0.361 e. The predicted molar refractivity (Wildman–Crippen MR) is 89.5 cm³/mol. The van der Waals surface area contributed by atoms with E-state index in [2.05, 4.69) is 20.3 Å². The van der Waals surface area contributed by atoms with E-state index in [4.69, 9.17) is 0 Å². The molecule has 3 N–H and O–H groups in total. The van der Waals surface area contributed by atoms with Gasteiger partial charge in [-0.3, -0.25) is 0 Å². The predicted octanol–water partition coefficient (Wildman–Crippen LogP) is 3.30. The van der Waals surface area contributed by atoms with Crippen molar-refractivity contribution in [2.75, 3.05) is 18.4 Å². The van der Waals surface area contributed by atoms with Gasteiger partial charge in [-0.05, 0) is 37.1 Å². The number of hydrogen-bond donors (Lipinski definition) is 3. The van der Waals surface area contributed by atoms with Crippen molar-refractivity contribution in [3.8, 4) is 0 Å². The summed E-state index contributed by atoms with van der Waals surface area (Å²) in [6, 6.07) is 7.86. The average Bonchev–Trinajstić information content (AvgIpc) is 3.26. The van der Waals surface area contributed by atoms with E-state index in [9.17, 15) is 4.79 Å². The number of urea groups is 1. The van der Waals surface area contributed by atoms with Crippen molar-refractivity contribution in [3.05, 3.63) is 48.7 Å². The number of fused-ring (bicyclic) bond motifs is 1. The number of rotatable bonds is 2. The molecule has 1 fully saturated rings. The van der Waals surface area contributed by atoms with Gasteiger partial charge in [0.2, 0.25) is 0 Å². The number of benzene rings is 1. The average molecular weight is 309 g/mol. The van der Waals surface area contributed by atoms with Crippen molar-refractivity contribution in [3.63, 3.8) is 0 Å². The normalized spacial score (nSPS) is 15.9. The molecule has 0 unspecified atom stereocenters. The Kier molecular flexibility index (Phi) is 3.49. The Labute approximate surface area is 133 Å². The van der Waals surface area contributed by atoms with Gasteiger partial charge in [0.15, 0.2) is 0 Å². The van der Waals surface area contributed by atoms with Gasteiger partial charge in [-0.25, -0.2) is 9.78 Å². The van der Waals surface area contributed by atoms with Crippen molar-refractivity contribution in [1.82, 2.24) is 19.9 Å². The van der Waals surface area contributed by atoms with Gasteiger partial charge in [0.25, 0.3) is 0 Å². The lowest BCUT2D eigenvalue weighted by atomic mass is 9.96. The van der Waals surface area contributed by atoms with Crippen molar-refractivity contribution in [2.24, 2.45) is 0 Å². The summed E-state index contributed by atoms with van der Waals surface area (Å²) < 4.78 is 0. The lowest BCUT2D eigenvalue weighted by molar-refractivity contribution is 0.193. The highest BCUT2D eigenvalue weighted by atomic mass is 16.2. The second kappa shape index (κ2) is 5.79. The molecule has 6 heteroatoms. The third-order valence-corrected chi connectivity index (χ3v) is 4.49. The van der Waals surface area contributed by atoms with Gasteiger partial charge in [0, 0.05) is 54.2 Å². The van der Waals surface area contributed by atoms with E-state index >= 15 is 0 Å². The van der Waals surface area contributed by atoms with Crippen LogP contribution in [0.3, 0.4) is 0 Å².